The molecule has 148 valence electrons. The molecule has 4 rings (SSSR count). The molecular formula is C22H26N2O4. The summed E-state index contributed by atoms with van der Waals surface area (Å²) in [4.78, 5) is 30.8. The van der Waals surface area contributed by atoms with Crippen molar-refractivity contribution in [2.24, 2.45) is 5.92 Å². The molecule has 2 aliphatic rings. The molecule has 2 unspecified atom stereocenters. The summed E-state index contributed by atoms with van der Waals surface area (Å²) in [6.07, 6.45) is 3.90. The Kier molecular flexibility index (Phi) is 4.98. The predicted molar refractivity (Wildman–Crippen MR) is 106 cm³/mol. The second-order valence-electron chi connectivity index (χ2n) is 8.07. The van der Waals surface area contributed by atoms with Crippen molar-refractivity contribution in [3.05, 3.63) is 47.4 Å². The average molecular weight is 382 g/mol. The van der Waals surface area contributed by atoms with Gasteiger partial charge in [0.1, 0.15) is 0 Å². The number of fused-ring (bicyclic) bond motifs is 1. The molecule has 1 saturated heterocycles. The van der Waals surface area contributed by atoms with E-state index in [9.17, 15) is 14.7 Å². The van der Waals surface area contributed by atoms with E-state index in [1.165, 1.54) is 0 Å². The molecule has 1 fully saturated rings. The lowest BCUT2D eigenvalue weighted by molar-refractivity contribution is -0.131. The Hall–Kier alpha value is -2.60. The molecule has 28 heavy (non-hydrogen) atoms. The Bertz CT molecular complexity index is 937. The molecule has 1 aromatic carbocycles. The third-order valence-electron chi connectivity index (χ3n) is 5.54. The Morgan fingerprint density at radius 1 is 1.36 bits per heavy atom. The number of aliphatic hydroxyl groups excluding tert-OH is 1. The van der Waals surface area contributed by atoms with Crippen molar-refractivity contribution in [3.8, 4) is 0 Å². The molecule has 1 amide bonds. The number of amides is 1. The van der Waals surface area contributed by atoms with Crippen LogP contribution < -0.4 is 0 Å². The number of ether oxygens (including phenoxy) is 1. The van der Waals surface area contributed by atoms with E-state index in [2.05, 4.69) is 4.98 Å². The standard InChI is InChI=1S/C22H26N2O4/c1-13(2)10-18(25)19-20(16-11-23-17-8-4-3-7-15(16)17)24(22(27)21(19)26)12-14-6-5-9-28-14/h3-4,7-8,11,13-14,20,23,26H,5-6,9-10,12H2,1-2H3. The van der Waals surface area contributed by atoms with E-state index >= 15 is 0 Å². The van der Waals surface area contributed by atoms with E-state index in [4.69, 9.17) is 4.74 Å². The van der Waals surface area contributed by atoms with Crippen LogP contribution in [0.1, 0.15) is 44.7 Å². The Labute approximate surface area is 164 Å². The Morgan fingerprint density at radius 3 is 2.86 bits per heavy atom. The van der Waals surface area contributed by atoms with Gasteiger partial charge in [-0.1, -0.05) is 32.0 Å². The molecule has 6 heteroatoms. The van der Waals surface area contributed by atoms with Crippen molar-refractivity contribution < 1.29 is 19.4 Å². The number of benzene rings is 1. The van der Waals surface area contributed by atoms with Gasteiger partial charge < -0.3 is 19.7 Å². The van der Waals surface area contributed by atoms with Gasteiger partial charge in [-0.25, -0.2) is 0 Å². The average Bonchev–Trinajstić information content (AvgIpc) is 3.36. The summed E-state index contributed by atoms with van der Waals surface area (Å²) in [5.74, 6) is -0.943. The number of nitrogens with one attached hydrogen (secondary N) is 1. The van der Waals surface area contributed by atoms with Crippen molar-refractivity contribution in [1.82, 2.24) is 9.88 Å². The van der Waals surface area contributed by atoms with Crippen LogP contribution in [0.2, 0.25) is 0 Å². The van der Waals surface area contributed by atoms with Crippen LogP contribution in [0.5, 0.6) is 0 Å². The number of aromatic nitrogens is 1. The van der Waals surface area contributed by atoms with Crippen LogP contribution in [0.15, 0.2) is 41.8 Å². The highest BCUT2D eigenvalue weighted by Gasteiger charge is 2.45. The summed E-state index contributed by atoms with van der Waals surface area (Å²) in [7, 11) is 0. The lowest BCUT2D eigenvalue weighted by atomic mass is 9.92. The minimum atomic E-state index is -0.598. The van der Waals surface area contributed by atoms with Gasteiger partial charge in [-0.15, -0.1) is 0 Å². The first-order valence-electron chi connectivity index (χ1n) is 9.92. The van der Waals surface area contributed by atoms with E-state index in [-0.39, 0.29) is 23.4 Å². The van der Waals surface area contributed by atoms with Crippen LogP contribution >= 0.6 is 0 Å². The number of ketones is 1. The number of H-pyrrole nitrogens is 1. The number of carbonyl (C=O) groups excluding carboxylic acids is 2. The zero-order valence-electron chi connectivity index (χ0n) is 16.3. The van der Waals surface area contributed by atoms with Crippen LogP contribution in [0.4, 0.5) is 0 Å². The number of rotatable bonds is 6. The monoisotopic (exact) mass is 382 g/mol. The summed E-state index contributed by atoms with van der Waals surface area (Å²) in [6, 6.07) is 7.19. The van der Waals surface area contributed by atoms with Crippen molar-refractivity contribution in [2.45, 2.75) is 45.3 Å². The number of hydrogen-bond acceptors (Lipinski definition) is 4. The van der Waals surface area contributed by atoms with Gasteiger partial charge in [0.15, 0.2) is 11.5 Å². The number of aromatic amines is 1. The smallest absolute Gasteiger partial charge is 0.290 e. The topological polar surface area (TPSA) is 82.6 Å². The van der Waals surface area contributed by atoms with E-state index in [0.29, 0.717) is 19.6 Å². The first kappa shape index (κ1) is 18.7. The van der Waals surface area contributed by atoms with Crippen LogP contribution in [0, 0.1) is 5.92 Å². The van der Waals surface area contributed by atoms with Gasteiger partial charge in [0, 0.05) is 42.2 Å². The summed E-state index contributed by atoms with van der Waals surface area (Å²) in [5, 5.41) is 11.6. The first-order valence-corrected chi connectivity index (χ1v) is 9.92. The molecular weight excluding hydrogens is 356 g/mol. The molecule has 0 bridgehead atoms. The lowest BCUT2D eigenvalue weighted by Crippen LogP contribution is -2.37. The zero-order chi connectivity index (χ0) is 19.8. The highest BCUT2D eigenvalue weighted by atomic mass is 16.5. The molecule has 3 heterocycles. The summed E-state index contributed by atoms with van der Waals surface area (Å²) < 4.78 is 5.73. The van der Waals surface area contributed by atoms with Crippen LogP contribution in [0.25, 0.3) is 10.9 Å². The molecule has 2 atom stereocenters. The highest BCUT2D eigenvalue weighted by molar-refractivity contribution is 6.09. The van der Waals surface area contributed by atoms with Crippen LogP contribution in [-0.2, 0) is 14.3 Å². The third-order valence-corrected chi connectivity index (χ3v) is 5.54. The van der Waals surface area contributed by atoms with Gasteiger partial charge in [0.2, 0.25) is 0 Å². The number of para-hydroxylation sites is 1. The zero-order valence-corrected chi connectivity index (χ0v) is 16.3. The van der Waals surface area contributed by atoms with Gasteiger partial charge in [0.05, 0.1) is 17.7 Å². The number of Topliss-reactive ketones (excluding diaryl/α,β-unsaturated/α-hetero) is 1. The largest absolute Gasteiger partial charge is 0.503 e. The van der Waals surface area contributed by atoms with Gasteiger partial charge in [-0.3, -0.25) is 9.59 Å². The molecule has 0 radical (unpaired) electrons. The number of hydrogen-bond donors (Lipinski definition) is 2. The summed E-state index contributed by atoms with van der Waals surface area (Å²) in [6.45, 7) is 4.96. The first-order chi connectivity index (χ1) is 13.5. The quantitative estimate of drug-likeness (QED) is 0.799. The second kappa shape index (κ2) is 7.43. The molecule has 0 spiro atoms. The van der Waals surface area contributed by atoms with Crippen LogP contribution in [0.3, 0.4) is 0 Å². The Morgan fingerprint density at radius 2 is 2.14 bits per heavy atom. The molecule has 2 aromatic rings. The number of nitrogens with zero attached hydrogens (tertiary/aromatic N) is 1. The molecule has 0 saturated carbocycles. The second-order valence-corrected chi connectivity index (χ2v) is 8.07. The maximum Gasteiger partial charge on any atom is 0.290 e. The van der Waals surface area contributed by atoms with Crippen molar-refractivity contribution in [3.63, 3.8) is 0 Å². The molecule has 6 nitrogen and oxygen atoms in total. The number of aliphatic hydroxyl groups is 1. The fourth-order valence-corrected chi connectivity index (χ4v) is 4.26. The van der Waals surface area contributed by atoms with Gasteiger partial charge in [-0.05, 0) is 24.8 Å². The van der Waals surface area contributed by atoms with E-state index in [1.54, 1.807) is 4.90 Å². The van der Waals surface area contributed by atoms with E-state index in [0.717, 1.165) is 29.3 Å². The highest BCUT2D eigenvalue weighted by Crippen LogP contribution is 2.41. The minimum Gasteiger partial charge on any atom is -0.503 e. The molecule has 2 N–H and O–H groups in total. The number of carbonyl (C=O) groups is 2. The van der Waals surface area contributed by atoms with Gasteiger partial charge in [-0.2, -0.15) is 0 Å². The maximum atomic E-state index is 13.0. The predicted octanol–water partition coefficient (Wildman–Crippen LogP) is 3.66. The molecule has 2 aliphatic heterocycles. The fraction of sp³-hybridized carbons (Fsp3) is 0.455. The SMILES string of the molecule is CC(C)CC(=O)C1=C(O)C(=O)N(CC2CCCO2)C1c1c[nH]c2ccccc12. The van der Waals surface area contributed by atoms with Gasteiger partial charge in [0.25, 0.3) is 5.91 Å². The van der Waals surface area contributed by atoms with Crippen LogP contribution in [-0.4, -0.2) is 45.9 Å². The molecule has 1 aromatic heterocycles. The summed E-state index contributed by atoms with van der Waals surface area (Å²) in [5.41, 5.74) is 1.98. The maximum absolute atomic E-state index is 13.0. The third kappa shape index (κ3) is 3.22. The van der Waals surface area contributed by atoms with E-state index < -0.39 is 17.7 Å². The normalized spacial score (nSPS) is 22.8. The van der Waals surface area contributed by atoms with Crippen molar-refractivity contribution >= 4 is 22.6 Å². The van der Waals surface area contributed by atoms with Crippen molar-refractivity contribution in [1.29, 1.82) is 0 Å². The van der Waals surface area contributed by atoms with Crippen molar-refractivity contribution in [2.75, 3.05) is 13.2 Å². The van der Waals surface area contributed by atoms with E-state index in [1.807, 2.05) is 44.3 Å². The Balaban J connectivity index is 1.79. The summed E-state index contributed by atoms with van der Waals surface area (Å²) >= 11 is 0. The minimum absolute atomic E-state index is 0.0657. The molecule has 0 aliphatic carbocycles. The fourth-order valence-electron chi connectivity index (χ4n) is 4.26. The van der Waals surface area contributed by atoms with Gasteiger partial charge >= 0.3 is 0 Å². The lowest BCUT2D eigenvalue weighted by Gasteiger charge is -2.28.